The molecular formula is C10H14N2O2. The molecule has 0 aliphatic rings. The van der Waals surface area contributed by atoms with Gasteiger partial charge in [-0.15, -0.1) is 0 Å². The first-order chi connectivity index (χ1) is 6.65. The Balaban J connectivity index is 2.77. The predicted octanol–water partition coefficient (Wildman–Crippen LogP) is 0.0383. The van der Waals surface area contributed by atoms with E-state index in [-0.39, 0.29) is 0 Å². The van der Waals surface area contributed by atoms with E-state index in [0.717, 1.165) is 5.56 Å². The first-order valence-corrected chi connectivity index (χ1v) is 4.37. The number of carbonyl (C=O) groups is 1. The van der Waals surface area contributed by atoms with Crippen LogP contribution >= 0.6 is 0 Å². The number of hydrogen-bond donors (Lipinski definition) is 3. The fourth-order valence-corrected chi connectivity index (χ4v) is 1.18. The number of nitrogens with two attached hydrogens (primary N) is 1. The van der Waals surface area contributed by atoms with E-state index in [1.54, 1.807) is 31.3 Å². The molecule has 0 saturated carbocycles. The molecule has 1 amide bonds. The van der Waals surface area contributed by atoms with Crippen LogP contribution in [-0.2, 0) is 0 Å². The van der Waals surface area contributed by atoms with Crippen LogP contribution in [0.4, 0.5) is 0 Å². The lowest BCUT2D eigenvalue weighted by atomic mass is 10.1. The molecule has 4 nitrogen and oxygen atoms in total. The van der Waals surface area contributed by atoms with Gasteiger partial charge in [0.2, 0.25) is 5.91 Å². The molecule has 0 aliphatic heterocycles. The molecule has 0 aliphatic carbocycles. The SMILES string of the molecule is CNCC(O)c1ccc(C(N)=O)cc1. The van der Waals surface area contributed by atoms with E-state index in [9.17, 15) is 9.90 Å². The number of amides is 1. The van der Waals surface area contributed by atoms with Crippen molar-refractivity contribution in [2.45, 2.75) is 6.10 Å². The van der Waals surface area contributed by atoms with Crippen LogP contribution in [0.2, 0.25) is 0 Å². The number of nitrogens with one attached hydrogen (secondary N) is 1. The number of benzene rings is 1. The van der Waals surface area contributed by atoms with Crippen LogP contribution in [0.25, 0.3) is 0 Å². The van der Waals surface area contributed by atoms with E-state index in [4.69, 9.17) is 5.73 Å². The summed E-state index contributed by atoms with van der Waals surface area (Å²) in [5.41, 5.74) is 6.30. The highest BCUT2D eigenvalue weighted by Gasteiger charge is 2.06. The van der Waals surface area contributed by atoms with Gasteiger partial charge in [-0.2, -0.15) is 0 Å². The molecule has 0 fully saturated rings. The molecule has 0 heterocycles. The zero-order valence-corrected chi connectivity index (χ0v) is 8.03. The maximum Gasteiger partial charge on any atom is 0.248 e. The Morgan fingerprint density at radius 2 is 2.07 bits per heavy atom. The van der Waals surface area contributed by atoms with Crippen molar-refractivity contribution in [1.29, 1.82) is 0 Å². The van der Waals surface area contributed by atoms with Crippen molar-refractivity contribution >= 4 is 5.91 Å². The molecule has 1 aromatic rings. The standard InChI is InChI=1S/C10H14N2O2/c1-12-6-9(13)7-2-4-8(5-3-7)10(11)14/h2-5,9,12-13H,6H2,1H3,(H2,11,14). The summed E-state index contributed by atoms with van der Waals surface area (Å²) < 4.78 is 0. The Hall–Kier alpha value is -1.39. The topological polar surface area (TPSA) is 75.3 Å². The lowest BCUT2D eigenvalue weighted by molar-refractivity contribution is 0.1000. The highest BCUT2D eigenvalue weighted by atomic mass is 16.3. The Labute approximate surface area is 82.7 Å². The molecule has 1 atom stereocenters. The minimum Gasteiger partial charge on any atom is -0.387 e. The van der Waals surface area contributed by atoms with Crippen LogP contribution in [0.1, 0.15) is 22.0 Å². The molecule has 0 bridgehead atoms. The Morgan fingerprint density at radius 1 is 1.50 bits per heavy atom. The normalized spacial score (nSPS) is 12.4. The molecule has 76 valence electrons. The Bertz CT molecular complexity index is 308. The molecule has 1 aromatic carbocycles. The zero-order chi connectivity index (χ0) is 10.6. The van der Waals surface area contributed by atoms with Crippen molar-refractivity contribution < 1.29 is 9.90 Å². The van der Waals surface area contributed by atoms with E-state index in [2.05, 4.69) is 5.32 Å². The fraction of sp³-hybridized carbons (Fsp3) is 0.300. The molecule has 4 heteroatoms. The zero-order valence-electron chi connectivity index (χ0n) is 8.03. The summed E-state index contributed by atoms with van der Waals surface area (Å²) in [6.07, 6.45) is -0.554. The van der Waals surface area contributed by atoms with E-state index < -0.39 is 12.0 Å². The molecule has 1 unspecified atom stereocenters. The molecule has 0 aromatic heterocycles. The number of aliphatic hydroxyl groups is 1. The first kappa shape index (κ1) is 10.7. The van der Waals surface area contributed by atoms with Crippen LogP contribution in [0.15, 0.2) is 24.3 Å². The van der Waals surface area contributed by atoms with Gasteiger partial charge in [0, 0.05) is 12.1 Å². The Kier molecular flexibility index (Phi) is 3.62. The summed E-state index contributed by atoms with van der Waals surface area (Å²) in [5.74, 6) is -0.459. The predicted molar refractivity (Wildman–Crippen MR) is 53.8 cm³/mol. The van der Waals surface area contributed by atoms with Gasteiger partial charge in [0.15, 0.2) is 0 Å². The van der Waals surface area contributed by atoms with E-state index in [1.165, 1.54) is 0 Å². The largest absolute Gasteiger partial charge is 0.387 e. The molecule has 4 N–H and O–H groups in total. The summed E-state index contributed by atoms with van der Waals surface area (Å²) in [5, 5.41) is 12.4. The van der Waals surface area contributed by atoms with Crippen molar-refractivity contribution in [2.24, 2.45) is 5.73 Å². The number of hydrogen-bond acceptors (Lipinski definition) is 3. The van der Waals surface area contributed by atoms with E-state index >= 15 is 0 Å². The van der Waals surface area contributed by atoms with Crippen molar-refractivity contribution in [3.63, 3.8) is 0 Å². The van der Waals surface area contributed by atoms with Crippen LogP contribution in [0.3, 0.4) is 0 Å². The highest BCUT2D eigenvalue weighted by molar-refractivity contribution is 5.92. The lowest BCUT2D eigenvalue weighted by Gasteiger charge is -2.09. The van der Waals surface area contributed by atoms with E-state index in [0.29, 0.717) is 12.1 Å². The van der Waals surface area contributed by atoms with Crippen LogP contribution in [0, 0.1) is 0 Å². The summed E-state index contributed by atoms with van der Waals surface area (Å²) in [6.45, 7) is 0.482. The van der Waals surface area contributed by atoms with Crippen molar-refractivity contribution in [1.82, 2.24) is 5.32 Å². The number of carbonyl (C=O) groups excluding carboxylic acids is 1. The third-order valence-corrected chi connectivity index (χ3v) is 1.98. The second-order valence-electron chi connectivity index (χ2n) is 3.06. The molecule has 0 saturated heterocycles. The molecule has 14 heavy (non-hydrogen) atoms. The quantitative estimate of drug-likeness (QED) is 0.633. The van der Waals surface area contributed by atoms with Crippen molar-refractivity contribution in [2.75, 3.05) is 13.6 Å². The van der Waals surface area contributed by atoms with Gasteiger partial charge in [-0.25, -0.2) is 0 Å². The van der Waals surface area contributed by atoms with Gasteiger partial charge >= 0.3 is 0 Å². The van der Waals surface area contributed by atoms with Crippen molar-refractivity contribution in [3.8, 4) is 0 Å². The number of primary amides is 1. The maximum atomic E-state index is 10.8. The summed E-state index contributed by atoms with van der Waals surface area (Å²) in [6, 6.07) is 6.61. The Morgan fingerprint density at radius 3 is 2.50 bits per heavy atom. The molecule has 0 spiro atoms. The van der Waals surface area contributed by atoms with Crippen molar-refractivity contribution in [3.05, 3.63) is 35.4 Å². The first-order valence-electron chi connectivity index (χ1n) is 4.37. The third kappa shape index (κ3) is 2.55. The molecule has 1 rings (SSSR count). The van der Waals surface area contributed by atoms with E-state index in [1.807, 2.05) is 0 Å². The van der Waals surface area contributed by atoms with Gasteiger partial charge in [-0.05, 0) is 24.7 Å². The molecule has 0 radical (unpaired) electrons. The summed E-state index contributed by atoms with van der Waals surface area (Å²) in [7, 11) is 1.76. The second kappa shape index (κ2) is 4.74. The molecular weight excluding hydrogens is 180 g/mol. The van der Waals surface area contributed by atoms with Gasteiger partial charge < -0.3 is 16.2 Å². The number of likely N-dealkylation sites (N-methyl/N-ethyl adjacent to an activating group) is 1. The summed E-state index contributed by atoms with van der Waals surface area (Å²) in [4.78, 5) is 10.8. The maximum absolute atomic E-state index is 10.8. The van der Waals surface area contributed by atoms with Gasteiger partial charge in [-0.3, -0.25) is 4.79 Å². The van der Waals surface area contributed by atoms with Crippen LogP contribution < -0.4 is 11.1 Å². The van der Waals surface area contributed by atoms with Crippen LogP contribution in [0.5, 0.6) is 0 Å². The van der Waals surface area contributed by atoms with Gasteiger partial charge in [-0.1, -0.05) is 12.1 Å². The number of rotatable bonds is 4. The van der Waals surface area contributed by atoms with Gasteiger partial charge in [0.05, 0.1) is 6.10 Å². The summed E-state index contributed by atoms with van der Waals surface area (Å²) >= 11 is 0. The number of aliphatic hydroxyl groups excluding tert-OH is 1. The smallest absolute Gasteiger partial charge is 0.248 e. The second-order valence-corrected chi connectivity index (χ2v) is 3.06. The highest BCUT2D eigenvalue weighted by Crippen LogP contribution is 2.12. The average molecular weight is 194 g/mol. The van der Waals surface area contributed by atoms with Crippen LogP contribution in [-0.4, -0.2) is 24.6 Å². The monoisotopic (exact) mass is 194 g/mol. The fourth-order valence-electron chi connectivity index (χ4n) is 1.18. The third-order valence-electron chi connectivity index (χ3n) is 1.98. The average Bonchev–Trinajstić information content (AvgIpc) is 2.18. The minimum atomic E-state index is -0.554. The minimum absolute atomic E-state index is 0.449. The van der Waals surface area contributed by atoms with Gasteiger partial charge in [0.25, 0.3) is 0 Å². The van der Waals surface area contributed by atoms with Gasteiger partial charge in [0.1, 0.15) is 0 Å². The lowest BCUT2D eigenvalue weighted by Crippen LogP contribution is -2.17.